The fourth-order valence-corrected chi connectivity index (χ4v) is 2.04. The van der Waals surface area contributed by atoms with Gasteiger partial charge < -0.3 is 10.5 Å². The minimum Gasteiger partial charge on any atom is -0.493 e. The summed E-state index contributed by atoms with van der Waals surface area (Å²) in [5.74, 6) is 0.559. The van der Waals surface area contributed by atoms with Crippen LogP contribution < -0.4 is 10.5 Å². The summed E-state index contributed by atoms with van der Waals surface area (Å²) in [5.41, 5.74) is 6.21. The van der Waals surface area contributed by atoms with Crippen molar-refractivity contribution in [2.45, 2.75) is 19.5 Å². The predicted octanol–water partition coefficient (Wildman–Crippen LogP) is 2.97. The van der Waals surface area contributed by atoms with Gasteiger partial charge in [-0.1, -0.05) is 31.3 Å². The molecule has 3 nitrogen and oxygen atoms in total. The van der Waals surface area contributed by atoms with Gasteiger partial charge in [0, 0.05) is 6.54 Å². The molecule has 0 unspecified atom stereocenters. The first-order chi connectivity index (χ1) is 9.83. The van der Waals surface area contributed by atoms with Gasteiger partial charge in [0.1, 0.15) is 10.7 Å². The van der Waals surface area contributed by atoms with Crippen LogP contribution >= 0.6 is 12.2 Å². The molecule has 0 aromatic heterocycles. The molecule has 0 bridgehead atoms. The second-order valence-corrected chi connectivity index (χ2v) is 4.99. The van der Waals surface area contributed by atoms with E-state index in [4.69, 9.17) is 22.7 Å². The Hall–Kier alpha value is -1.34. The van der Waals surface area contributed by atoms with Crippen LogP contribution in [0.3, 0.4) is 0 Å². The topological polar surface area (TPSA) is 38.5 Å². The van der Waals surface area contributed by atoms with Gasteiger partial charge in [-0.05, 0) is 25.1 Å². The fourth-order valence-electron chi connectivity index (χ4n) is 1.87. The first-order valence-corrected chi connectivity index (χ1v) is 7.05. The number of ether oxygens (including phenoxy) is 1. The van der Waals surface area contributed by atoms with E-state index in [0.29, 0.717) is 37.4 Å². The standard InChI is InChI=1S/C14H19F3N2OS/c1-2-19(10-14(15,16)17)8-5-9-20-12-7-4-3-6-11(12)13(18)21/h3-4,6-7H,2,5,8-10H2,1H3,(H2,18,21). The normalized spacial score (nSPS) is 11.7. The van der Waals surface area contributed by atoms with Crippen LogP contribution in [0.15, 0.2) is 24.3 Å². The average molecular weight is 320 g/mol. The van der Waals surface area contributed by atoms with Crippen LogP contribution in [-0.4, -0.2) is 42.3 Å². The van der Waals surface area contributed by atoms with Crippen LogP contribution in [0.2, 0.25) is 0 Å². The first-order valence-electron chi connectivity index (χ1n) is 6.64. The number of alkyl halides is 3. The number of thiocarbonyl (C=S) groups is 1. The molecule has 0 aliphatic carbocycles. The summed E-state index contributed by atoms with van der Waals surface area (Å²) in [5, 5.41) is 0. The Morgan fingerprint density at radius 3 is 2.57 bits per heavy atom. The Kier molecular flexibility index (Phi) is 6.91. The minimum atomic E-state index is -4.17. The van der Waals surface area contributed by atoms with E-state index in [9.17, 15) is 13.2 Å². The molecule has 0 fully saturated rings. The van der Waals surface area contributed by atoms with Crippen LogP contribution in [0, 0.1) is 0 Å². The highest BCUT2D eigenvalue weighted by atomic mass is 32.1. The van der Waals surface area contributed by atoms with Crippen molar-refractivity contribution in [3.63, 3.8) is 0 Å². The van der Waals surface area contributed by atoms with Crippen molar-refractivity contribution in [1.82, 2.24) is 4.90 Å². The maximum Gasteiger partial charge on any atom is 0.401 e. The Balaban J connectivity index is 2.42. The molecule has 0 saturated heterocycles. The number of halogens is 3. The maximum absolute atomic E-state index is 12.3. The number of hydrogen-bond acceptors (Lipinski definition) is 3. The van der Waals surface area contributed by atoms with Gasteiger partial charge in [-0.2, -0.15) is 13.2 Å². The zero-order chi connectivity index (χ0) is 15.9. The lowest BCUT2D eigenvalue weighted by Crippen LogP contribution is -2.35. The summed E-state index contributed by atoms with van der Waals surface area (Å²) in [6.45, 7) is 1.80. The molecule has 0 radical (unpaired) electrons. The molecule has 0 spiro atoms. The lowest BCUT2D eigenvalue weighted by atomic mass is 10.2. The molecule has 2 N–H and O–H groups in total. The zero-order valence-corrected chi connectivity index (χ0v) is 12.6. The SMILES string of the molecule is CCN(CCCOc1ccccc1C(N)=S)CC(F)(F)F. The monoisotopic (exact) mass is 320 g/mol. The third kappa shape index (κ3) is 6.77. The zero-order valence-electron chi connectivity index (χ0n) is 11.8. The third-order valence-corrected chi connectivity index (χ3v) is 3.10. The molecule has 7 heteroatoms. The van der Waals surface area contributed by atoms with Gasteiger partial charge >= 0.3 is 6.18 Å². The van der Waals surface area contributed by atoms with E-state index in [0.717, 1.165) is 0 Å². The van der Waals surface area contributed by atoms with Gasteiger partial charge in [0.05, 0.1) is 18.7 Å². The molecule has 0 aliphatic heterocycles. The first kappa shape index (κ1) is 17.7. The van der Waals surface area contributed by atoms with Crippen molar-refractivity contribution >= 4 is 17.2 Å². The summed E-state index contributed by atoms with van der Waals surface area (Å²) in [6.07, 6.45) is -3.68. The molecular weight excluding hydrogens is 301 g/mol. The third-order valence-electron chi connectivity index (χ3n) is 2.88. The number of para-hydroxylation sites is 1. The van der Waals surface area contributed by atoms with Crippen molar-refractivity contribution in [1.29, 1.82) is 0 Å². The Bertz CT molecular complexity index is 466. The number of nitrogens with zero attached hydrogens (tertiary/aromatic N) is 1. The van der Waals surface area contributed by atoms with Crippen molar-refractivity contribution in [2.75, 3.05) is 26.2 Å². The Labute approximate surface area is 127 Å². The van der Waals surface area contributed by atoms with Crippen LogP contribution in [0.5, 0.6) is 5.75 Å². The summed E-state index contributed by atoms with van der Waals surface area (Å²) in [6, 6.07) is 7.07. The van der Waals surface area contributed by atoms with Crippen molar-refractivity contribution < 1.29 is 17.9 Å². The summed E-state index contributed by atoms with van der Waals surface area (Å²) in [4.78, 5) is 1.57. The molecule has 21 heavy (non-hydrogen) atoms. The molecule has 0 saturated carbocycles. The second-order valence-electron chi connectivity index (χ2n) is 4.55. The largest absolute Gasteiger partial charge is 0.493 e. The molecular formula is C14H19F3N2OS. The molecule has 0 amide bonds. The summed E-state index contributed by atoms with van der Waals surface area (Å²) >= 11 is 4.91. The number of nitrogens with two attached hydrogens (primary N) is 1. The highest BCUT2D eigenvalue weighted by molar-refractivity contribution is 7.80. The van der Waals surface area contributed by atoms with Crippen LogP contribution in [-0.2, 0) is 0 Å². The lowest BCUT2D eigenvalue weighted by Gasteiger charge is -2.21. The number of rotatable bonds is 8. The van der Waals surface area contributed by atoms with Crippen LogP contribution in [0.25, 0.3) is 0 Å². The van der Waals surface area contributed by atoms with Gasteiger partial charge in [0.15, 0.2) is 0 Å². The van der Waals surface area contributed by atoms with Gasteiger partial charge in [0.2, 0.25) is 0 Å². The average Bonchev–Trinajstić information content (AvgIpc) is 2.41. The molecule has 118 valence electrons. The quantitative estimate of drug-likeness (QED) is 0.590. The molecule has 1 aromatic carbocycles. The van der Waals surface area contributed by atoms with E-state index in [1.807, 2.05) is 0 Å². The molecule has 0 atom stereocenters. The second kappa shape index (κ2) is 8.19. The van der Waals surface area contributed by atoms with E-state index in [1.165, 1.54) is 4.90 Å². The number of hydrogen-bond donors (Lipinski definition) is 1. The van der Waals surface area contributed by atoms with E-state index < -0.39 is 12.7 Å². The Morgan fingerprint density at radius 1 is 1.33 bits per heavy atom. The molecule has 0 aliphatic rings. The van der Waals surface area contributed by atoms with Gasteiger partial charge in [0.25, 0.3) is 0 Å². The Morgan fingerprint density at radius 2 is 2.00 bits per heavy atom. The smallest absolute Gasteiger partial charge is 0.401 e. The number of benzene rings is 1. The van der Waals surface area contributed by atoms with E-state index >= 15 is 0 Å². The molecule has 0 heterocycles. The summed E-state index contributed by atoms with van der Waals surface area (Å²) < 4.78 is 42.5. The van der Waals surface area contributed by atoms with Gasteiger partial charge in [-0.25, -0.2) is 0 Å². The molecule has 1 aromatic rings. The lowest BCUT2D eigenvalue weighted by molar-refractivity contribution is -0.145. The maximum atomic E-state index is 12.3. The van der Waals surface area contributed by atoms with E-state index in [-0.39, 0.29) is 4.99 Å². The molecule has 1 rings (SSSR count). The van der Waals surface area contributed by atoms with Crippen LogP contribution in [0.1, 0.15) is 18.9 Å². The van der Waals surface area contributed by atoms with E-state index in [2.05, 4.69) is 0 Å². The predicted molar refractivity (Wildman–Crippen MR) is 80.6 cm³/mol. The van der Waals surface area contributed by atoms with E-state index in [1.54, 1.807) is 31.2 Å². The fraction of sp³-hybridized carbons (Fsp3) is 0.500. The van der Waals surface area contributed by atoms with Gasteiger partial charge in [-0.15, -0.1) is 0 Å². The van der Waals surface area contributed by atoms with Crippen molar-refractivity contribution in [2.24, 2.45) is 5.73 Å². The van der Waals surface area contributed by atoms with Gasteiger partial charge in [-0.3, -0.25) is 4.90 Å². The van der Waals surface area contributed by atoms with Crippen molar-refractivity contribution in [3.05, 3.63) is 29.8 Å². The summed E-state index contributed by atoms with van der Waals surface area (Å²) in [7, 11) is 0. The van der Waals surface area contributed by atoms with Crippen LogP contribution in [0.4, 0.5) is 13.2 Å². The minimum absolute atomic E-state index is 0.234. The van der Waals surface area contributed by atoms with Crippen molar-refractivity contribution in [3.8, 4) is 5.75 Å². The highest BCUT2D eigenvalue weighted by Gasteiger charge is 2.29. The highest BCUT2D eigenvalue weighted by Crippen LogP contribution is 2.18.